The molecule has 1 fully saturated rings. The van der Waals surface area contributed by atoms with Gasteiger partial charge >= 0.3 is 0 Å². The lowest BCUT2D eigenvalue weighted by Gasteiger charge is -2.41. The van der Waals surface area contributed by atoms with E-state index in [9.17, 15) is 5.11 Å². The molecule has 96 valence electrons. The van der Waals surface area contributed by atoms with Crippen LogP contribution < -0.4 is 0 Å². The predicted octanol–water partition coefficient (Wildman–Crippen LogP) is 1.62. The Hall–Kier alpha value is 0.0969. The van der Waals surface area contributed by atoms with E-state index in [1.54, 1.807) is 0 Å². The minimum absolute atomic E-state index is 0.170. The zero-order chi connectivity index (χ0) is 12.4. The molecule has 0 aromatic rings. The third kappa shape index (κ3) is 4.16. The van der Waals surface area contributed by atoms with E-state index >= 15 is 0 Å². The lowest BCUT2D eigenvalue weighted by molar-refractivity contribution is -0.151. The van der Waals surface area contributed by atoms with Crippen LogP contribution in [0.1, 0.15) is 47.5 Å². The van der Waals surface area contributed by atoms with Crippen LogP contribution >= 0.6 is 0 Å². The van der Waals surface area contributed by atoms with E-state index in [1.807, 2.05) is 13.8 Å². The van der Waals surface area contributed by atoms with E-state index in [-0.39, 0.29) is 22.8 Å². The summed E-state index contributed by atoms with van der Waals surface area (Å²) in [5.41, 5.74) is -0.362. The molecule has 1 aliphatic rings. The molecule has 0 saturated carbocycles. The molecule has 0 aromatic carbocycles. The van der Waals surface area contributed by atoms with Gasteiger partial charge in [0.2, 0.25) is 0 Å². The van der Waals surface area contributed by atoms with E-state index in [0.29, 0.717) is 0 Å². The second-order valence-corrected chi connectivity index (χ2v) is 9.15. The Morgan fingerprint density at radius 3 is 2.38 bits per heavy atom. The van der Waals surface area contributed by atoms with Gasteiger partial charge < -0.3 is 14.3 Å². The van der Waals surface area contributed by atoms with Gasteiger partial charge in [-0.2, -0.15) is 0 Å². The average Bonchev–Trinajstić information content (AvgIpc) is 2.14. The summed E-state index contributed by atoms with van der Waals surface area (Å²) in [5.74, 6) is 0. The first-order chi connectivity index (χ1) is 7.22. The van der Waals surface area contributed by atoms with E-state index in [0.717, 1.165) is 19.4 Å². The molecule has 1 saturated heterocycles. The number of hydrogen-bond donors (Lipinski definition) is 1. The van der Waals surface area contributed by atoms with Crippen LogP contribution in [0, 0.1) is 0 Å². The predicted molar refractivity (Wildman–Crippen MR) is 68.4 cm³/mol. The SMILES string of the molecule is CC(C)(C)[SiH2]OC(C)(C)[C@@H]1OCCC[C@@H]1O. The molecule has 1 rings (SSSR count). The minimum atomic E-state index is -0.613. The highest BCUT2D eigenvalue weighted by atomic mass is 28.2. The molecule has 0 bridgehead atoms. The van der Waals surface area contributed by atoms with Crippen molar-refractivity contribution in [3.05, 3.63) is 0 Å². The second-order valence-electron chi connectivity index (χ2n) is 6.45. The Labute approximate surface area is 101 Å². The van der Waals surface area contributed by atoms with Gasteiger partial charge in [-0.1, -0.05) is 20.8 Å². The van der Waals surface area contributed by atoms with Crippen LogP contribution in [0.3, 0.4) is 0 Å². The van der Waals surface area contributed by atoms with E-state index in [1.165, 1.54) is 0 Å². The summed E-state index contributed by atoms with van der Waals surface area (Å²) in [5, 5.41) is 10.2. The van der Waals surface area contributed by atoms with E-state index < -0.39 is 9.76 Å². The fourth-order valence-corrected chi connectivity index (χ4v) is 2.88. The summed E-state index contributed by atoms with van der Waals surface area (Å²) in [6, 6.07) is 0. The summed E-state index contributed by atoms with van der Waals surface area (Å²) < 4.78 is 11.7. The van der Waals surface area contributed by atoms with Crippen LogP contribution in [0.5, 0.6) is 0 Å². The molecule has 1 aliphatic heterocycles. The monoisotopic (exact) mass is 246 g/mol. The number of rotatable bonds is 3. The lowest BCUT2D eigenvalue weighted by atomic mass is 9.92. The molecule has 1 heterocycles. The lowest BCUT2D eigenvalue weighted by Crippen LogP contribution is -2.51. The molecule has 0 aliphatic carbocycles. The zero-order valence-electron chi connectivity index (χ0n) is 11.2. The van der Waals surface area contributed by atoms with Gasteiger partial charge in [0.15, 0.2) is 9.76 Å². The number of aliphatic hydroxyl groups is 1. The summed E-state index contributed by atoms with van der Waals surface area (Å²) in [6.45, 7) is 11.4. The normalized spacial score (nSPS) is 28.9. The standard InChI is InChI=1S/C12H26O3Si/c1-11(2,3)16-15-12(4,5)10-9(13)7-6-8-14-10/h9-10,13H,6-8,16H2,1-5H3/t9-,10+/m0/s1. The van der Waals surface area contributed by atoms with Gasteiger partial charge in [-0.3, -0.25) is 0 Å². The van der Waals surface area contributed by atoms with Crippen LogP contribution in [-0.2, 0) is 9.16 Å². The van der Waals surface area contributed by atoms with Crippen LogP contribution in [0.4, 0.5) is 0 Å². The summed E-state index contributed by atoms with van der Waals surface area (Å²) >= 11 is 0. The van der Waals surface area contributed by atoms with E-state index in [2.05, 4.69) is 20.8 Å². The van der Waals surface area contributed by atoms with Gasteiger partial charge in [0, 0.05) is 6.61 Å². The molecule has 0 radical (unpaired) electrons. The highest BCUT2D eigenvalue weighted by molar-refractivity contribution is 6.31. The molecular formula is C12H26O3Si. The van der Waals surface area contributed by atoms with Crippen molar-refractivity contribution in [2.45, 2.75) is 70.3 Å². The highest BCUT2D eigenvalue weighted by Gasteiger charge is 2.38. The molecule has 0 aromatic heterocycles. The maximum absolute atomic E-state index is 9.94. The molecule has 16 heavy (non-hydrogen) atoms. The molecule has 0 unspecified atom stereocenters. The second kappa shape index (κ2) is 5.17. The van der Waals surface area contributed by atoms with Gasteiger partial charge in [-0.05, 0) is 31.7 Å². The molecule has 3 nitrogen and oxygen atoms in total. The van der Waals surface area contributed by atoms with Crippen molar-refractivity contribution in [3.63, 3.8) is 0 Å². The van der Waals surface area contributed by atoms with Crippen molar-refractivity contribution in [2.24, 2.45) is 0 Å². The van der Waals surface area contributed by atoms with E-state index in [4.69, 9.17) is 9.16 Å². The van der Waals surface area contributed by atoms with Crippen LogP contribution in [0.25, 0.3) is 0 Å². The summed E-state index contributed by atoms with van der Waals surface area (Å²) in [7, 11) is -0.613. The molecule has 4 heteroatoms. The molecule has 2 atom stereocenters. The van der Waals surface area contributed by atoms with Crippen molar-refractivity contribution in [1.82, 2.24) is 0 Å². The molecule has 0 amide bonds. The zero-order valence-corrected chi connectivity index (χ0v) is 12.7. The van der Waals surface area contributed by atoms with Gasteiger partial charge in [-0.25, -0.2) is 0 Å². The largest absolute Gasteiger partial charge is 0.416 e. The van der Waals surface area contributed by atoms with Crippen molar-refractivity contribution >= 4 is 9.76 Å². The van der Waals surface area contributed by atoms with Gasteiger partial charge in [-0.15, -0.1) is 0 Å². The number of ether oxygens (including phenoxy) is 1. The average molecular weight is 246 g/mol. The first-order valence-corrected chi connectivity index (χ1v) is 7.44. The first-order valence-electron chi connectivity index (χ1n) is 6.16. The molecule has 0 spiro atoms. The van der Waals surface area contributed by atoms with Gasteiger partial charge in [0.1, 0.15) is 6.10 Å². The Morgan fingerprint density at radius 2 is 1.88 bits per heavy atom. The van der Waals surface area contributed by atoms with Gasteiger partial charge in [0.25, 0.3) is 0 Å². The first kappa shape index (κ1) is 14.2. The fourth-order valence-electron chi connectivity index (χ4n) is 1.91. The number of aliphatic hydroxyl groups excluding tert-OH is 1. The fraction of sp³-hybridized carbons (Fsp3) is 1.00. The molecular weight excluding hydrogens is 220 g/mol. The van der Waals surface area contributed by atoms with Gasteiger partial charge in [0.05, 0.1) is 11.7 Å². The van der Waals surface area contributed by atoms with Crippen molar-refractivity contribution in [3.8, 4) is 0 Å². The molecule has 1 N–H and O–H groups in total. The Kier molecular flexibility index (Phi) is 4.57. The van der Waals surface area contributed by atoms with Crippen LogP contribution in [0.2, 0.25) is 5.04 Å². The quantitative estimate of drug-likeness (QED) is 0.769. The van der Waals surface area contributed by atoms with Crippen molar-refractivity contribution in [2.75, 3.05) is 6.61 Å². The van der Waals surface area contributed by atoms with Crippen LogP contribution in [0.15, 0.2) is 0 Å². The third-order valence-electron chi connectivity index (χ3n) is 2.85. The maximum atomic E-state index is 9.94. The summed E-state index contributed by atoms with van der Waals surface area (Å²) in [4.78, 5) is 0. The Bertz CT molecular complexity index is 223. The topological polar surface area (TPSA) is 38.7 Å². The maximum Gasteiger partial charge on any atom is 0.167 e. The Balaban J connectivity index is 2.54. The minimum Gasteiger partial charge on any atom is -0.416 e. The third-order valence-corrected chi connectivity index (χ3v) is 4.61. The van der Waals surface area contributed by atoms with Crippen molar-refractivity contribution < 1.29 is 14.3 Å². The number of hydrogen-bond acceptors (Lipinski definition) is 3. The highest BCUT2D eigenvalue weighted by Crippen LogP contribution is 2.29. The van der Waals surface area contributed by atoms with Crippen LogP contribution in [-0.4, -0.2) is 39.3 Å². The smallest absolute Gasteiger partial charge is 0.167 e. The summed E-state index contributed by atoms with van der Waals surface area (Å²) in [6.07, 6.45) is 1.23. The van der Waals surface area contributed by atoms with Crippen molar-refractivity contribution in [1.29, 1.82) is 0 Å². The Morgan fingerprint density at radius 1 is 1.25 bits per heavy atom.